The largest absolute Gasteiger partial charge is 0.206 e. The van der Waals surface area contributed by atoms with Gasteiger partial charge in [0.05, 0.1) is 5.56 Å². The quantitative estimate of drug-likeness (QED) is 0.634. The van der Waals surface area contributed by atoms with Gasteiger partial charge < -0.3 is 0 Å². The van der Waals surface area contributed by atoms with Crippen LogP contribution in [0, 0.1) is 17.1 Å². The molecule has 13 heavy (non-hydrogen) atoms. The second-order valence-corrected chi connectivity index (χ2v) is 2.88. The monoisotopic (exact) mass is 175 g/mol. The van der Waals surface area contributed by atoms with Crippen molar-refractivity contribution in [3.63, 3.8) is 0 Å². The maximum Gasteiger partial charge on any atom is 0.140 e. The molecule has 1 atom stereocenters. The Morgan fingerprint density at radius 1 is 1.62 bits per heavy atom. The number of nitriles is 1. The summed E-state index contributed by atoms with van der Waals surface area (Å²) in [5, 5.41) is 8.58. The van der Waals surface area contributed by atoms with Gasteiger partial charge in [0.15, 0.2) is 0 Å². The fraction of sp³-hybridized carbons (Fsp3) is 0.182. The molecule has 0 aliphatic carbocycles. The van der Waals surface area contributed by atoms with Gasteiger partial charge in [-0.25, -0.2) is 4.39 Å². The molecule has 0 fully saturated rings. The molecule has 0 bridgehead atoms. The van der Waals surface area contributed by atoms with Crippen LogP contribution in [0.3, 0.4) is 0 Å². The van der Waals surface area contributed by atoms with Crippen molar-refractivity contribution >= 4 is 0 Å². The summed E-state index contributed by atoms with van der Waals surface area (Å²) in [6.07, 6.45) is 1.76. The zero-order chi connectivity index (χ0) is 9.84. The zero-order valence-corrected chi connectivity index (χ0v) is 7.42. The van der Waals surface area contributed by atoms with Crippen molar-refractivity contribution in [2.75, 3.05) is 0 Å². The number of rotatable bonds is 2. The topological polar surface area (TPSA) is 23.8 Å². The van der Waals surface area contributed by atoms with Gasteiger partial charge in [0.1, 0.15) is 11.9 Å². The molecule has 66 valence electrons. The van der Waals surface area contributed by atoms with Crippen molar-refractivity contribution in [3.05, 3.63) is 47.8 Å². The van der Waals surface area contributed by atoms with E-state index in [-0.39, 0.29) is 11.5 Å². The maximum absolute atomic E-state index is 12.9. The first-order valence-corrected chi connectivity index (χ1v) is 4.01. The van der Waals surface area contributed by atoms with E-state index < -0.39 is 5.82 Å². The number of allylic oxidation sites excluding steroid dienone is 1. The first-order valence-electron chi connectivity index (χ1n) is 4.01. The third-order valence-corrected chi connectivity index (χ3v) is 1.99. The summed E-state index contributed by atoms with van der Waals surface area (Å²) in [6.45, 7) is 5.58. The molecule has 0 saturated heterocycles. The minimum Gasteiger partial charge on any atom is -0.206 e. The van der Waals surface area contributed by atoms with E-state index in [1.165, 1.54) is 6.07 Å². The van der Waals surface area contributed by atoms with Gasteiger partial charge in [-0.05, 0) is 23.6 Å². The molecule has 2 heteroatoms. The highest BCUT2D eigenvalue weighted by molar-refractivity contribution is 5.36. The van der Waals surface area contributed by atoms with Crippen LogP contribution in [0.1, 0.15) is 24.0 Å². The van der Waals surface area contributed by atoms with Gasteiger partial charge in [-0.15, -0.1) is 6.58 Å². The van der Waals surface area contributed by atoms with E-state index in [1.807, 2.05) is 6.92 Å². The Balaban J connectivity index is 3.15. The van der Waals surface area contributed by atoms with Crippen LogP contribution < -0.4 is 0 Å². The van der Waals surface area contributed by atoms with Gasteiger partial charge in [-0.3, -0.25) is 0 Å². The molecule has 0 N–H and O–H groups in total. The summed E-state index contributed by atoms with van der Waals surface area (Å²) in [6, 6.07) is 6.35. The van der Waals surface area contributed by atoms with Crippen LogP contribution in [0.15, 0.2) is 30.9 Å². The van der Waals surface area contributed by atoms with Crippen LogP contribution in [0.4, 0.5) is 4.39 Å². The second-order valence-electron chi connectivity index (χ2n) is 2.88. The van der Waals surface area contributed by atoms with E-state index >= 15 is 0 Å². The third kappa shape index (κ3) is 1.94. The van der Waals surface area contributed by atoms with Crippen molar-refractivity contribution in [1.82, 2.24) is 0 Å². The molecule has 0 spiro atoms. The molecular weight excluding hydrogens is 165 g/mol. The maximum atomic E-state index is 12.9. The van der Waals surface area contributed by atoms with E-state index in [9.17, 15) is 4.39 Å². The van der Waals surface area contributed by atoms with Crippen molar-refractivity contribution < 1.29 is 4.39 Å². The van der Waals surface area contributed by atoms with E-state index in [2.05, 4.69) is 6.58 Å². The predicted octanol–water partition coefficient (Wildman–Crippen LogP) is 2.99. The summed E-state index contributed by atoms with van der Waals surface area (Å²) in [7, 11) is 0. The number of benzene rings is 1. The Morgan fingerprint density at radius 3 is 2.85 bits per heavy atom. The normalized spacial score (nSPS) is 11.8. The average Bonchev–Trinajstić information content (AvgIpc) is 2.17. The molecule has 0 heterocycles. The fourth-order valence-corrected chi connectivity index (χ4v) is 1.05. The predicted molar refractivity (Wildman–Crippen MR) is 49.7 cm³/mol. The van der Waals surface area contributed by atoms with Gasteiger partial charge >= 0.3 is 0 Å². The highest BCUT2D eigenvalue weighted by Crippen LogP contribution is 2.18. The van der Waals surface area contributed by atoms with E-state index in [0.29, 0.717) is 0 Å². The molecule has 1 unspecified atom stereocenters. The lowest BCUT2D eigenvalue weighted by Crippen LogP contribution is -1.92. The van der Waals surface area contributed by atoms with Crippen molar-refractivity contribution in [1.29, 1.82) is 5.26 Å². The number of hydrogen-bond acceptors (Lipinski definition) is 1. The van der Waals surface area contributed by atoms with E-state index in [4.69, 9.17) is 5.26 Å². The Morgan fingerprint density at radius 2 is 2.31 bits per heavy atom. The van der Waals surface area contributed by atoms with E-state index in [0.717, 1.165) is 5.56 Å². The molecule has 0 aliphatic rings. The summed E-state index contributed by atoms with van der Waals surface area (Å²) < 4.78 is 12.9. The lowest BCUT2D eigenvalue weighted by molar-refractivity contribution is 0.622. The summed E-state index contributed by atoms with van der Waals surface area (Å²) in [4.78, 5) is 0. The van der Waals surface area contributed by atoms with Crippen LogP contribution in [-0.2, 0) is 0 Å². The lowest BCUT2D eigenvalue weighted by atomic mass is 9.99. The van der Waals surface area contributed by atoms with E-state index in [1.54, 1.807) is 24.3 Å². The number of nitrogens with zero attached hydrogens (tertiary/aromatic N) is 1. The van der Waals surface area contributed by atoms with Crippen LogP contribution in [0.2, 0.25) is 0 Å². The van der Waals surface area contributed by atoms with Gasteiger partial charge in [0, 0.05) is 0 Å². The minimum atomic E-state index is -0.470. The molecule has 1 nitrogen and oxygen atoms in total. The Bertz CT molecular complexity index is 363. The second kappa shape index (κ2) is 3.86. The van der Waals surface area contributed by atoms with Gasteiger partial charge in [-0.1, -0.05) is 19.1 Å². The van der Waals surface area contributed by atoms with Crippen molar-refractivity contribution in [2.45, 2.75) is 12.8 Å². The third-order valence-electron chi connectivity index (χ3n) is 1.99. The van der Waals surface area contributed by atoms with Gasteiger partial charge in [0.2, 0.25) is 0 Å². The minimum absolute atomic E-state index is 0.0891. The summed E-state index contributed by atoms with van der Waals surface area (Å²) in [5.41, 5.74) is 0.999. The molecule has 1 aromatic rings. The molecule has 0 radical (unpaired) electrons. The van der Waals surface area contributed by atoms with Crippen LogP contribution in [-0.4, -0.2) is 0 Å². The average molecular weight is 175 g/mol. The number of halogens is 1. The van der Waals surface area contributed by atoms with Gasteiger partial charge in [0.25, 0.3) is 0 Å². The smallest absolute Gasteiger partial charge is 0.140 e. The molecular formula is C11H10FN. The lowest BCUT2D eigenvalue weighted by Gasteiger charge is -2.06. The SMILES string of the molecule is C=CC(C)c1ccc(F)c(C#N)c1. The molecule has 1 aromatic carbocycles. The molecule has 0 aromatic heterocycles. The Labute approximate surface area is 77.1 Å². The fourth-order valence-electron chi connectivity index (χ4n) is 1.05. The summed E-state index contributed by atoms with van der Waals surface area (Å²) in [5.74, 6) is -0.324. The van der Waals surface area contributed by atoms with Crippen LogP contribution >= 0.6 is 0 Å². The standard InChI is InChI=1S/C11H10FN/c1-3-8(2)9-4-5-11(12)10(6-9)7-13/h3-6,8H,1H2,2H3. The first kappa shape index (κ1) is 9.47. The molecule has 0 aliphatic heterocycles. The first-order chi connectivity index (χ1) is 6.19. The Hall–Kier alpha value is -1.62. The highest BCUT2D eigenvalue weighted by Gasteiger charge is 2.05. The molecule has 0 saturated carbocycles. The van der Waals surface area contributed by atoms with Gasteiger partial charge in [-0.2, -0.15) is 5.26 Å². The Kier molecular flexibility index (Phi) is 2.81. The van der Waals surface area contributed by atoms with Crippen LogP contribution in [0.5, 0.6) is 0 Å². The van der Waals surface area contributed by atoms with Crippen molar-refractivity contribution in [2.24, 2.45) is 0 Å². The van der Waals surface area contributed by atoms with Crippen LogP contribution in [0.25, 0.3) is 0 Å². The summed E-state index contributed by atoms with van der Waals surface area (Å²) >= 11 is 0. The highest BCUT2D eigenvalue weighted by atomic mass is 19.1. The zero-order valence-electron chi connectivity index (χ0n) is 7.42. The van der Waals surface area contributed by atoms with Crippen molar-refractivity contribution in [3.8, 4) is 6.07 Å². The molecule has 1 rings (SSSR count). The number of hydrogen-bond donors (Lipinski definition) is 0. The molecule has 0 amide bonds.